The summed E-state index contributed by atoms with van der Waals surface area (Å²) in [6.45, 7) is 3.91. The van der Waals surface area contributed by atoms with E-state index in [1.165, 1.54) is 15.6 Å². The van der Waals surface area contributed by atoms with Crippen LogP contribution in [0.3, 0.4) is 0 Å². The van der Waals surface area contributed by atoms with Gasteiger partial charge in [0.25, 0.3) is 0 Å². The standard InChI is InChI=1S/C18H27N3O3S2/c1-14(2)20-13-17(18(19-20)16-9-6-12-25-16)26(23,24)21(10-11-22)15-7-4-3-5-8-15/h6,9,12-15,22H,3-5,7-8,10-11H2,1-2H3. The van der Waals surface area contributed by atoms with E-state index >= 15 is 0 Å². The second kappa shape index (κ2) is 8.21. The summed E-state index contributed by atoms with van der Waals surface area (Å²) in [5.74, 6) is 0. The zero-order valence-electron chi connectivity index (χ0n) is 15.3. The molecule has 1 fully saturated rings. The van der Waals surface area contributed by atoms with E-state index in [9.17, 15) is 13.5 Å². The molecule has 144 valence electrons. The molecule has 1 aliphatic rings. The number of nitrogens with zero attached hydrogens (tertiary/aromatic N) is 3. The van der Waals surface area contributed by atoms with Crippen LogP contribution >= 0.6 is 11.3 Å². The van der Waals surface area contributed by atoms with Crippen molar-refractivity contribution in [2.24, 2.45) is 0 Å². The van der Waals surface area contributed by atoms with Crippen molar-refractivity contribution in [2.45, 2.75) is 62.9 Å². The molecule has 1 saturated carbocycles. The fraction of sp³-hybridized carbons (Fsp3) is 0.611. The number of aromatic nitrogens is 2. The molecule has 2 aromatic rings. The molecular formula is C18H27N3O3S2. The molecule has 26 heavy (non-hydrogen) atoms. The first kappa shape index (κ1) is 19.5. The number of sulfonamides is 1. The van der Waals surface area contributed by atoms with E-state index in [4.69, 9.17) is 0 Å². The van der Waals surface area contributed by atoms with E-state index in [1.807, 2.05) is 31.4 Å². The molecule has 0 aromatic carbocycles. The van der Waals surface area contributed by atoms with Crippen molar-refractivity contribution >= 4 is 21.4 Å². The predicted octanol–water partition coefficient (Wildman–Crippen LogP) is 3.51. The van der Waals surface area contributed by atoms with Crippen LogP contribution in [0.1, 0.15) is 52.0 Å². The van der Waals surface area contributed by atoms with Crippen LogP contribution < -0.4 is 0 Å². The summed E-state index contributed by atoms with van der Waals surface area (Å²) in [5.41, 5.74) is 0.507. The number of aliphatic hydroxyl groups is 1. The topological polar surface area (TPSA) is 75.4 Å². The monoisotopic (exact) mass is 397 g/mol. The number of hydrogen-bond donors (Lipinski definition) is 1. The molecule has 0 amide bonds. The lowest BCUT2D eigenvalue weighted by Crippen LogP contribution is -2.43. The number of hydrogen-bond acceptors (Lipinski definition) is 5. The normalized spacial score (nSPS) is 16.7. The van der Waals surface area contributed by atoms with Gasteiger partial charge in [0.2, 0.25) is 10.0 Å². The van der Waals surface area contributed by atoms with Crippen molar-refractivity contribution in [1.82, 2.24) is 14.1 Å². The lowest BCUT2D eigenvalue weighted by atomic mass is 9.95. The lowest BCUT2D eigenvalue weighted by molar-refractivity contribution is 0.199. The molecule has 0 bridgehead atoms. The summed E-state index contributed by atoms with van der Waals surface area (Å²) >= 11 is 1.48. The minimum atomic E-state index is -3.74. The predicted molar refractivity (Wildman–Crippen MR) is 104 cm³/mol. The van der Waals surface area contributed by atoms with E-state index in [1.54, 1.807) is 10.9 Å². The summed E-state index contributed by atoms with van der Waals surface area (Å²) in [7, 11) is -3.74. The van der Waals surface area contributed by atoms with Crippen molar-refractivity contribution in [3.63, 3.8) is 0 Å². The molecular weight excluding hydrogens is 370 g/mol. The Bertz CT molecular complexity index is 807. The second-order valence-corrected chi connectivity index (χ2v) is 9.83. The van der Waals surface area contributed by atoms with Gasteiger partial charge in [-0.2, -0.15) is 9.40 Å². The van der Waals surface area contributed by atoms with Crippen LogP contribution in [0.15, 0.2) is 28.6 Å². The molecule has 0 saturated heterocycles. The van der Waals surface area contributed by atoms with Gasteiger partial charge in [-0.05, 0) is 38.1 Å². The van der Waals surface area contributed by atoms with Gasteiger partial charge in [0, 0.05) is 24.8 Å². The van der Waals surface area contributed by atoms with Crippen LogP contribution in [0.4, 0.5) is 0 Å². The molecule has 1 N–H and O–H groups in total. The zero-order chi connectivity index (χ0) is 18.7. The highest BCUT2D eigenvalue weighted by Gasteiger charge is 2.35. The van der Waals surface area contributed by atoms with Gasteiger partial charge in [-0.25, -0.2) is 8.42 Å². The summed E-state index contributed by atoms with van der Waals surface area (Å²) in [5, 5.41) is 16.0. The van der Waals surface area contributed by atoms with Gasteiger partial charge in [-0.1, -0.05) is 25.3 Å². The molecule has 8 heteroatoms. The average Bonchev–Trinajstić information content (AvgIpc) is 3.29. The molecule has 2 aromatic heterocycles. The van der Waals surface area contributed by atoms with Crippen molar-refractivity contribution in [2.75, 3.05) is 13.2 Å². The first-order valence-electron chi connectivity index (χ1n) is 9.21. The van der Waals surface area contributed by atoms with Crippen molar-refractivity contribution in [3.05, 3.63) is 23.7 Å². The van der Waals surface area contributed by atoms with Gasteiger partial charge in [0.15, 0.2) is 0 Å². The minimum Gasteiger partial charge on any atom is -0.395 e. The number of aliphatic hydroxyl groups excluding tert-OH is 1. The SMILES string of the molecule is CC(C)n1cc(S(=O)(=O)N(CCO)C2CCCCC2)c(-c2cccs2)n1. The van der Waals surface area contributed by atoms with Crippen molar-refractivity contribution < 1.29 is 13.5 Å². The molecule has 0 radical (unpaired) electrons. The Hall–Kier alpha value is -1.22. The Morgan fingerprint density at radius 3 is 2.65 bits per heavy atom. The summed E-state index contributed by atoms with van der Waals surface area (Å²) in [6, 6.07) is 3.82. The number of rotatable bonds is 7. The third kappa shape index (κ3) is 3.88. The molecule has 2 heterocycles. The first-order valence-corrected chi connectivity index (χ1v) is 11.5. The lowest BCUT2D eigenvalue weighted by Gasteiger charge is -2.32. The Morgan fingerprint density at radius 2 is 2.08 bits per heavy atom. The maximum Gasteiger partial charge on any atom is 0.247 e. The van der Waals surface area contributed by atoms with Crippen LogP contribution in [0.2, 0.25) is 0 Å². The van der Waals surface area contributed by atoms with E-state index in [2.05, 4.69) is 5.10 Å². The third-order valence-electron chi connectivity index (χ3n) is 4.87. The highest BCUT2D eigenvalue weighted by atomic mass is 32.2. The molecule has 0 atom stereocenters. The molecule has 0 aliphatic heterocycles. The Balaban J connectivity index is 2.06. The van der Waals surface area contributed by atoms with E-state index in [-0.39, 0.29) is 30.1 Å². The summed E-state index contributed by atoms with van der Waals surface area (Å²) in [4.78, 5) is 1.09. The highest BCUT2D eigenvalue weighted by molar-refractivity contribution is 7.89. The van der Waals surface area contributed by atoms with Gasteiger partial charge >= 0.3 is 0 Å². The smallest absolute Gasteiger partial charge is 0.247 e. The highest BCUT2D eigenvalue weighted by Crippen LogP contribution is 2.34. The van der Waals surface area contributed by atoms with E-state index in [0.717, 1.165) is 37.0 Å². The quantitative estimate of drug-likeness (QED) is 0.776. The van der Waals surface area contributed by atoms with Gasteiger partial charge < -0.3 is 5.11 Å². The first-order chi connectivity index (χ1) is 12.4. The van der Waals surface area contributed by atoms with Crippen LogP contribution in [0, 0.1) is 0 Å². The molecule has 6 nitrogen and oxygen atoms in total. The van der Waals surface area contributed by atoms with Crippen LogP contribution in [-0.4, -0.2) is 46.8 Å². The van der Waals surface area contributed by atoms with Gasteiger partial charge in [0.1, 0.15) is 10.6 Å². The van der Waals surface area contributed by atoms with Gasteiger partial charge in [-0.3, -0.25) is 4.68 Å². The maximum atomic E-state index is 13.5. The third-order valence-corrected chi connectivity index (χ3v) is 7.70. The van der Waals surface area contributed by atoms with Crippen molar-refractivity contribution in [1.29, 1.82) is 0 Å². The van der Waals surface area contributed by atoms with Crippen molar-refractivity contribution in [3.8, 4) is 10.6 Å². The Kier molecular flexibility index (Phi) is 6.17. The molecule has 0 spiro atoms. The summed E-state index contributed by atoms with van der Waals surface area (Å²) in [6.07, 6.45) is 6.56. The Morgan fingerprint density at radius 1 is 1.35 bits per heavy atom. The fourth-order valence-corrected chi connectivity index (χ4v) is 6.11. The zero-order valence-corrected chi connectivity index (χ0v) is 17.0. The van der Waals surface area contributed by atoms with Crippen LogP contribution in [0.5, 0.6) is 0 Å². The van der Waals surface area contributed by atoms with Crippen LogP contribution in [-0.2, 0) is 10.0 Å². The second-order valence-electron chi connectivity index (χ2n) is 7.02. The maximum absolute atomic E-state index is 13.5. The minimum absolute atomic E-state index is 0.0421. The van der Waals surface area contributed by atoms with E-state index < -0.39 is 10.0 Å². The molecule has 0 unspecified atom stereocenters. The molecule has 3 rings (SSSR count). The summed E-state index contributed by atoms with van der Waals surface area (Å²) < 4.78 is 30.3. The fourth-order valence-electron chi connectivity index (χ4n) is 3.51. The van der Waals surface area contributed by atoms with Gasteiger partial charge in [0.05, 0.1) is 11.5 Å². The van der Waals surface area contributed by atoms with Crippen LogP contribution in [0.25, 0.3) is 10.6 Å². The largest absolute Gasteiger partial charge is 0.395 e. The number of thiophene rings is 1. The molecule has 1 aliphatic carbocycles. The van der Waals surface area contributed by atoms with E-state index in [0.29, 0.717) is 5.69 Å². The Labute approximate surface area is 159 Å². The average molecular weight is 398 g/mol. The van der Waals surface area contributed by atoms with Gasteiger partial charge in [-0.15, -0.1) is 11.3 Å².